The van der Waals surface area contributed by atoms with Gasteiger partial charge < -0.3 is 4.74 Å². The molecule has 0 fully saturated rings. The third kappa shape index (κ3) is 5.09. The summed E-state index contributed by atoms with van der Waals surface area (Å²) in [7, 11) is 0. The SMILES string of the molecule is Cc1cnc(-n2ccc(C(C)(C)C)n2)cc1-n1c(C)cc(OCc2ncc(F)cc2Cl)c(Cl)c1=O. The number of aryl methyl sites for hydroxylation is 2. The summed E-state index contributed by atoms with van der Waals surface area (Å²) in [6.45, 7) is 9.82. The van der Waals surface area contributed by atoms with E-state index in [0.717, 1.165) is 23.5 Å². The number of hydrogen-bond acceptors (Lipinski definition) is 5. The van der Waals surface area contributed by atoms with E-state index in [0.29, 0.717) is 22.9 Å². The van der Waals surface area contributed by atoms with E-state index in [2.05, 4.69) is 35.8 Å². The molecule has 0 aliphatic rings. The third-order valence-corrected chi connectivity index (χ3v) is 6.12. The summed E-state index contributed by atoms with van der Waals surface area (Å²) < 4.78 is 22.1. The van der Waals surface area contributed by atoms with Crippen molar-refractivity contribution in [2.75, 3.05) is 0 Å². The molecule has 0 bridgehead atoms. The summed E-state index contributed by atoms with van der Waals surface area (Å²) in [5.74, 6) is 0.203. The van der Waals surface area contributed by atoms with Crippen molar-refractivity contribution < 1.29 is 9.13 Å². The molecule has 4 aromatic heterocycles. The predicted molar refractivity (Wildman–Crippen MR) is 134 cm³/mol. The van der Waals surface area contributed by atoms with Gasteiger partial charge in [0, 0.05) is 35.6 Å². The second-order valence-corrected chi connectivity index (χ2v) is 9.98. The summed E-state index contributed by atoms with van der Waals surface area (Å²) in [6.07, 6.45) is 4.58. The van der Waals surface area contributed by atoms with Gasteiger partial charge >= 0.3 is 0 Å². The average Bonchev–Trinajstić information content (AvgIpc) is 3.28. The van der Waals surface area contributed by atoms with Crippen LogP contribution in [-0.4, -0.2) is 24.3 Å². The lowest BCUT2D eigenvalue weighted by Gasteiger charge is -2.17. The van der Waals surface area contributed by atoms with Crippen molar-refractivity contribution in [3.8, 4) is 17.3 Å². The molecule has 4 rings (SSSR count). The minimum Gasteiger partial charge on any atom is -0.485 e. The van der Waals surface area contributed by atoms with E-state index >= 15 is 0 Å². The van der Waals surface area contributed by atoms with Gasteiger partial charge in [-0.1, -0.05) is 44.0 Å². The molecule has 0 atom stereocenters. The molecule has 0 aromatic carbocycles. The molecule has 35 heavy (non-hydrogen) atoms. The molecule has 0 radical (unpaired) electrons. The number of halogens is 3. The highest BCUT2D eigenvalue weighted by Gasteiger charge is 2.19. The Hall–Kier alpha value is -3.23. The van der Waals surface area contributed by atoms with Crippen LogP contribution in [0.4, 0.5) is 4.39 Å². The maximum Gasteiger partial charge on any atom is 0.277 e. The van der Waals surface area contributed by atoms with Crippen molar-refractivity contribution in [2.24, 2.45) is 0 Å². The zero-order valence-electron chi connectivity index (χ0n) is 19.9. The lowest BCUT2D eigenvalue weighted by molar-refractivity contribution is 0.300. The van der Waals surface area contributed by atoms with Gasteiger partial charge in [0.15, 0.2) is 5.82 Å². The number of aromatic nitrogens is 5. The standard InChI is InChI=1S/C25H24Cl2FN5O2/c1-14-11-30-22(32-7-6-21(31-32)25(3,4)5)10-19(14)33-15(2)8-20(23(27)24(33)34)35-13-18-17(26)9-16(28)12-29-18/h6-12H,13H2,1-5H3. The van der Waals surface area contributed by atoms with E-state index in [9.17, 15) is 9.18 Å². The molecular formula is C25H24Cl2FN5O2. The lowest BCUT2D eigenvalue weighted by Crippen LogP contribution is -2.23. The van der Waals surface area contributed by atoms with Crippen molar-refractivity contribution in [2.45, 2.75) is 46.6 Å². The number of ether oxygens (including phenoxy) is 1. The first-order valence-corrected chi connectivity index (χ1v) is 11.6. The van der Waals surface area contributed by atoms with Crippen LogP contribution >= 0.6 is 23.2 Å². The van der Waals surface area contributed by atoms with Crippen LogP contribution in [-0.2, 0) is 12.0 Å². The highest BCUT2D eigenvalue weighted by atomic mass is 35.5. The molecule has 0 spiro atoms. The molecule has 0 amide bonds. The third-order valence-electron chi connectivity index (χ3n) is 5.44. The van der Waals surface area contributed by atoms with Crippen LogP contribution in [0.15, 0.2) is 47.7 Å². The van der Waals surface area contributed by atoms with Crippen LogP contribution in [0.3, 0.4) is 0 Å². The fraction of sp³-hybridized carbons (Fsp3) is 0.280. The minimum atomic E-state index is -0.549. The Bertz CT molecular complexity index is 1470. The van der Waals surface area contributed by atoms with E-state index in [1.807, 2.05) is 19.2 Å². The molecule has 0 aliphatic carbocycles. The summed E-state index contributed by atoms with van der Waals surface area (Å²) in [5, 5.41) is 4.67. The molecule has 182 valence electrons. The van der Waals surface area contributed by atoms with Crippen molar-refractivity contribution in [3.05, 3.63) is 91.7 Å². The second kappa shape index (κ2) is 9.43. The maximum atomic E-state index is 13.3. The van der Waals surface area contributed by atoms with Crippen LogP contribution in [0.25, 0.3) is 11.5 Å². The average molecular weight is 516 g/mol. The Kier molecular flexibility index (Phi) is 6.71. The molecule has 0 saturated carbocycles. The van der Waals surface area contributed by atoms with Gasteiger partial charge in [0.2, 0.25) is 0 Å². The van der Waals surface area contributed by atoms with Crippen LogP contribution in [0.5, 0.6) is 5.75 Å². The Balaban J connectivity index is 1.70. The first-order valence-electron chi connectivity index (χ1n) is 10.8. The Morgan fingerprint density at radius 3 is 2.49 bits per heavy atom. The first-order chi connectivity index (χ1) is 16.5. The van der Waals surface area contributed by atoms with Gasteiger partial charge in [-0.2, -0.15) is 5.10 Å². The van der Waals surface area contributed by atoms with Gasteiger partial charge in [0.25, 0.3) is 5.56 Å². The minimum absolute atomic E-state index is 0.0738. The molecule has 7 nitrogen and oxygen atoms in total. The lowest BCUT2D eigenvalue weighted by atomic mass is 9.93. The van der Waals surface area contributed by atoms with E-state index in [1.54, 1.807) is 29.9 Å². The first kappa shape index (κ1) is 24.9. The summed E-state index contributed by atoms with van der Waals surface area (Å²) in [4.78, 5) is 21.7. The number of hydrogen-bond donors (Lipinski definition) is 0. The zero-order chi connectivity index (χ0) is 25.5. The fourth-order valence-electron chi connectivity index (χ4n) is 3.50. The summed E-state index contributed by atoms with van der Waals surface area (Å²) >= 11 is 12.4. The normalized spacial score (nSPS) is 11.7. The number of pyridine rings is 3. The summed E-state index contributed by atoms with van der Waals surface area (Å²) in [6, 6.07) is 6.55. The van der Waals surface area contributed by atoms with Crippen molar-refractivity contribution in [3.63, 3.8) is 0 Å². The largest absolute Gasteiger partial charge is 0.485 e. The van der Waals surface area contributed by atoms with Crippen molar-refractivity contribution in [1.29, 1.82) is 0 Å². The van der Waals surface area contributed by atoms with Gasteiger partial charge in [-0.25, -0.2) is 14.1 Å². The van der Waals surface area contributed by atoms with Crippen LogP contribution in [0.2, 0.25) is 10.0 Å². The highest BCUT2D eigenvalue weighted by molar-refractivity contribution is 6.32. The van der Waals surface area contributed by atoms with Crippen LogP contribution in [0, 0.1) is 19.7 Å². The molecule has 0 unspecified atom stereocenters. The number of nitrogens with zero attached hydrogens (tertiary/aromatic N) is 5. The second-order valence-electron chi connectivity index (χ2n) is 9.20. The van der Waals surface area contributed by atoms with Crippen LogP contribution < -0.4 is 10.3 Å². The number of rotatable bonds is 5. The van der Waals surface area contributed by atoms with E-state index in [1.165, 1.54) is 4.57 Å². The van der Waals surface area contributed by atoms with Gasteiger partial charge in [-0.3, -0.25) is 14.3 Å². The molecular weight excluding hydrogens is 492 g/mol. The van der Waals surface area contributed by atoms with Gasteiger partial charge in [0.1, 0.15) is 23.2 Å². The van der Waals surface area contributed by atoms with Gasteiger partial charge in [0.05, 0.1) is 28.3 Å². The van der Waals surface area contributed by atoms with E-state index in [4.69, 9.17) is 27.9 Å². The molecule has 0 saturated heterocycles. The molecule has 4 aromatic rings. The van der Waals surface area contributed by atoms with Crippen molar-refractivity contribution in [1.82, 2.24) is 24.3 Å². The smallest absolute Gasteiger partial charge is 0.277 e. The Morgan fingerprint density at radius 2 is 1.83 bits per heavy atom. The predicted octanol–water partition coefficient (Wildman–Crippen LogP) is 5.75. The molecule has 0 aliphatic heterocycles. The van der Waals surface area contributed by atoms with Crippen LogP contribution in [0.1, 0.15) is 43.4 Å². The fourth-order valence-corrected chi connectivity index (χ4v) is 3.90. The van der Waals surface area contributed by atoms with E-state index in [-0.39, 0.29) is 27.8 Å². The topological polar surface area (TPSA) is 74.8 Å². The molecule has 0 N–H and O–H groups in total. The molecule has 10 heteroatoms. The molecule has 4 heterocycles. The maximum absolute atomic E-state index is 13.3. The Morgan fingerprint density at radius 1 is 1.09 bits per heavy atom. The van der Waals surface area contributed by atoms with Gasteiger partial charge in [-0.05, 0) is 31.5 Å². The van der Waals surface area contributed by atoms with Crippen molar-refractivity contribution >= 4 is 23.2 Å². The Labute approximate surface area is 212 Å². The highest BCUT2D eigenvalue weighted by Crippen LogP contribution is 2.27. The summed E-state index contributed by atoms with van der Waals surface area (Å²) in [5.41, 5.74) is 2.71. The van der Waals surface area contributed by atoms with Gasteiger partial charge in [-0.15, -0.1) is 0 Å². The quantitative estimate of drug-likeness (QED) is 0.338. The van der Waals surface area contributed by atoms with E-state index < -0.39 is 11.4 Å². The zero-order valence-corrected chi connectivity index (χ0v) is 21.4. The monoisotopic (exact) mass is 515 g/mol.